The number of nitrogens with zero attached hydrogens (tertiary/aromatic N) is 1. The lowest BCUT2D eigenvalue weighted by molar-refractivity contribution is 0.102. The first-order valence-corrected chi connectivity index (χ1v) is 12.4. The number of thiazole rings is 1. The Hall–Kier alpha value is -2.91. The van der Waals surface area contributed by atoms with Crippen LogP contribution in [0.2, 0.25) is 0 Å². The highest BCUT2D eigenvalue weighted by Gasteiger charge is 2.16. The zero-order valence-electron chi connectivity index (χ0n) is 17.2. The second kappa shape index (κ2) is 10.9. The van der Waals surface area contributed by atoms with Gasteiger partial charge in [0.15, 0.2) is 5.13 Å². The molecule has 31 heavy (non-hydrogen) atoms. The number of hydrogen-bond donors (Lipinski definition) is 2. The van der Waals surface area contributed by atoms with Crippen LogP contribution in [0.25, 0.3) is 0 Å². The Morgan fingerprint density at radius 1 is 1.06 bits per heavy atom. The molecule has 0 saturated carbocycles. The largest absolute Gasteiger partial charge is 0.493 e. The molecule has 1 heterocycles. The predicted octanol–water partition coefficient (Wildman–Crippen LogP) is 5.16. The van der Waals surface area contributed by atoms with Crippen molar-refractivity contribution >= 4 is 38.1 Å². The van der Waals surface area contributed by atoms with Crippen molar-refractivity contribution in [2.45, 2.75) is 37.5 Å². The molecule has 0 radical (unpaired) electrons. The molecular formula is C22H25N3O4S2. The molecule has 2 N–H and O–H groups in total. The summed E-state index contributed by atoms with van der Waals surface area (Å²) in [6.07, 6.45) is 5.87. The summed E-state index contributed by atoms with van der Waals surface area (Å²) in [5.74, 6) is 0.212. The standard InChI is InChI=1S/C22H25N3O4S2/c1-2-3-4-7-15-29-20-9-6-5-8-19(20)21(26)24-17-10-12-18(13-11-17)31(27,28)25-22-23-14-16-30-22/h5-6,8-14,16H,2-4,7,15H2,1H3,(H,23,25)(H,24,26). The minimum absolute atomic E-state index is 0.0801. The van der Waals surface area contributed by atoms with Crippen molar-refractivity contribution in [2.24, 2.45) is 0 Å². The van der Waals surface area contributed by atoms with E-state index in [2.05, 4.69) is 21.9 Å². The van der Waals surface area contributed by atoms with Gasteiger partial charge >= 0.3 is 0 Å². The Morgan fingerprint density at radius 2 is 1.84 bits per heavy atom. The van der Waals surface area contributed by atoms with Gasteiger partial charge in [-0.3, -0.25) is 9.52 Å². The van der Waals surface area contributed by atoms with E-state index in [4.69, 9.17) is 4.74 Å². The number of nitrogens with one attached hydrogen (secondary N) is 2. The van der Waals surface area contributed by atoms with Crippen LogP contribution in [0.15, 0.2) is 65.0 Å². The van der Waals surface area contributed by atoms with Crippen molar-refractivity contribution in [3.63, 3.8) is 0 Å². The summed E-state index contributed by atoms with van der Waals surface area (Å²) in [5, 5.41) is 4.77. The number of carbonyl (C=O) groups excluding carboxylic acids is 1. The summed E-state index contributed by atoms with van der Waals surface area (Å²) in [5.41, 5.74) is 0.913. The molecule has 0 spiro atoms. The molecule has 3 rings (SSSR count). The first kappa shape index (κ1) is 22.8. The molecule has 1 aromatic heterocycles. The van der Waals surface area contributed by atoms with Crippen LogP contribution in [0.1, 0.15) is 43.0 Å². The molecule has 0 saturated heterocycles. The van der Waals surface area contributed by atoms with Crippen molar-refractivity contribution in [3.05, 3.63) is 65.7 Å². The van der Waals surface area contributed by atoms with E-state index in [1.165, 1.54) is 29.7 Å². The van der Waals surface area contributed by atoms with E-state index in [0.717, 1.165) is 25.7 Å². The first-order chi connectivity index (χ1) is 15.0. The Labute approximate surface area is 186 Å². The second-order valence-electron chi connectivity index (χ2n) is 6.83. The Balaban J connectivity index is 1.63. The molecule has 2 aromatic carbocycles. The molecule has 0 unspecified atom stereocenters. The Kier molecular flexibility index (Phi) is 8.02. The SMILES string of the molecule is CCCCCCOc1ccccc1C(=O)Nc1ccc(S(=O)(=O)Nc2nccs2)cc1. The molecule has 3 aromatic rings. The van der Waals surface area contributed by atoms with Crippen molar-refractivity contribution in [1.82, 2.24) is 4.98 Å². The average Bonchev–Trinajstić information content (AvgIpc) is 3.26. The summed E-state index contributed by atoms with van der Waals surface area (Å²) in [7, 11) is -3.74. The Morgan fingerprint density at radius 3 is 2.55 bits per heavy atom. The summed E-state index contributed by atoms with van der Waals surface area (Å²) in [6, 6.07) is 13.0. The molecule has 0 aliphatic carbocycles. The highest BCUT2D eigenvalue weighted by molar-refractivity contribution is 7.93. The lowest BCUT2D eigenvalue weighted by atomic mass is 10.1. The molecule has 0 aliphatic rings. The Bertz CT molecular complexity index is 1080. The highest BCUT2D eigenvalue weighted by Crippen LogP contribution is 2.22. The van der Waals surface area contributed by atoms with E-state index in [9.17, 15) is 13.2 Å². The number of carbonyl (C=O) groups is 1. The molecule has 164 valence electrons. The van der Waals surface area contributed by atoms with Crippen LogP contribution in [0, 0.1) is 0 Å². The van der Waals surface area contributed by atoms with Gasteiger partial charge in [-0.1, -0.05) is 38.3 Å². The smallest absolute Gasteiger partial charge is 0.263 e. The number of rotatable bonds is 11. The van der Waals surface area contributed by atoms with Gasteiger partial charge in [0.05, 0.1) is 17.1 Å². The van der Waals surface area contributed by atoms with Crippen LogP contribution in [-0.4, -0.2) is 25.9 Å². The van der Waals surface area contributed by atoms with Gasteiger partial charge in [-0.15, -0.1) is 11.3 Å². The summed E-state index contributed by atoms with van der Waals surface area (Å²) in [4.78, 5) is 16.7. The van der Waals surface area contributed by atoms with E-state index in [1.54, 1.807) is 35.7 Å². The normalized spacial score (nSPS) is 11.1. The maximum absolute atomic E-state index is 12.7. The van der Waals surface area contributed by atoms with Crippen LogP contribution in [0.3, 0.4) is 0 Å². The van der Waals surface area contributed by atoms with Crippen LogP contribution < -0.4 is 14.8 Å². The quantitative estimate of drug-likeness (QED) is 0.386. The monoisotopic (exact) mass is 459 g/mol. The molecule has 7 nitrogen and oxygen atoms in total. The van der Waals surface area contributed by atoms with Crippen molar-refractivity contribution in [2.75, 3.05) is 16.6 Å². The fourth-order valence-corrected chi connectivity index (χ4v) is 4.64. The molecule has 0 bridgehead atoms. The van der Waals surface area contributed by atoms with Crippen LogP contribution in [0.5, 0.6) is 5.75 Å². The van der Waals surface area contributed by atoms with E-state index in [0.29, 0.717) is 28.7 Å². The summed E-state index contributed by atoms with van der Waals surface area (Å²) < 4.78 is 33.1. The van der Waals surface area contributed by atoms with E-state index in [1.807, 2.05) is 6.07 Å². The number of aromatic nitrogens is 1. The maximum atomic E-state index is 12.7. The van der Waals surface area contributed by atoms with E-state index < -0.39 is 10.0 Å². The summed E-state index contributed by atoms with van der Waals surface area (Å²) in [6.45, 7) is 2.71. The van der Waals surface area contributed by atoms with Crippen LogP contribution >= 0.6 is 11.3 Å². The van der Waals surface area contributed by atoms with Gasteiger partial charge in [-0.25, -0.2) is 13.4 Å². The third-order valence-electron chi connectivity index (χ3n) is 4.46. The van der Waals surface area contributed by atoms with Gasteiger partial charge in [-0.2, -0.15) is 0 Å². The molecule has 0 fully saturated rings. The number of para-hydroxylation sites is 1. The second-order valence-corrected chi connectivity index (χ2v) is 9.40. The van der Waals surface area contributed by atoms with Crippen LogP contribution in [-0.2, 0) is 10.0 Å². The number of anilines is 2. The van der Waals surface area contributed by atoms with Gasteiger partial charge in [-0.05, 0) is 42.8 Å². The van der Waals surface area contributed by atoms with Gasteiger partial charge in [0.2, 0.25) is 0 Å². The fraction of sp³-hybridized carbons (Fsp3) is 0.273. The predicted molar refractivity (Wildman–Crippen MR) is 123 cm³/mol. The lowest BCUT2D eigenvalue weighted by Crippen LogP contribution is -2.15. The molecule has 0 atom stereocenters. The van der Waals surface area contributed by atoms with Crippen molar-refractivity contribution in [1.29, 1.82) is 0 Å². The molecule has 9 heteroatoms. The third kappa shape index (κ3) is 6.53. The topological polar surface area (TPSA) is 97.4 Å². The minimum Gasteiger partial charge on any atom is -0.493 e. The number of benzene rings is 2. The third-order valence-corrected chi connectivity index (χ3v) is 6.64. The van der Waals surface area contributed by atoms with Gasteiger partial charge < -0.3 is 10.1 Å². The molecule has 0 aliphatic heterocycles. The number of unbranched alkanes of at least 4 members (excludes halogenated alkanes) is 3. The highest BCUT2D eigenvalue weighted by atomic mass is 32.2. The lowest BCUT2D eigenvalue weighted by Gasteiger charge is -2.12. The van der Waals surface area contributed by atoms with E-state index >= 15 is 0 Å². The number of amides is 1. The van der Waals surface area contributed by atoms with Gasteiger partial charge in [0, 0.05) is 17.3 Å². The maximum Gasteiger partial charge on any atom is 0.263 e. The molecular weight excluding hydrogens is 434 g/mol. The minimum atomic E-state index is -3.74. The average molecular weight is 460 g/mol. The summed E-state index contributed by atoms with van der Waals surface area (Å²) >= 11 is 1.19. The van der Waals surface area contributed by atoms with Gasteiger partial charge in [0.25, 0.3) is 15.9 Å². The molecule has 1 amide bonds. The fourth-order valence-electron chi connectivity index (χ4n) is 2.85. The number of ether oxygens (including phenoxy) is 1. The number of sulfonamides is 1. The van der Waals surface area contributed by atoms with Crippen molar-refractivity contribution in [3.8, 4) is 5.75 Å². The number of hydrogen-bond acceptors (Lipinski definition) is 6. The van der Waals surface area contributed by atoms with Crippen molar-refractivity contribution < 1.29 is 17.9 Å². The zero-order chi connectivity index (χ0) is 22.1. The van der Waals surface area contributed by atoms with Crippen LogP contribution in [0.4, 0.5) is 10.8 Å². The zero-order valence-corrected chi connectivity index (χ0v) is 18.8. The van der Waals surface area contributed by atoms with Gasteiger partial charge in [0.1, 0.15) is 5.75 Å². The van der Waals surface area contributed by atoms with E-state index in [-0.39, 0.29) is 10.8 Å². The first-order valence-electron chi connectivity index (χ1n) is 10.0.